The number of aromatic nitrogens is 3. The van der Waals surface area contributed by atoms with Gasteiger partial charge in [0.1, 0.15) is 11.5 Å². The summed E-state index contributed by atoms with van der Waals surface area (Å²) in [4.78, 5) is 45.9. The molecule has 0 aliphatic heterocycles. The number of nitrogens with two attached hydrogens (primary N) is 1. The fourth-order valence-corrected chi connectivity index (χ4v) is 3.26. The molecule has 162 valence electrons. The van der Waals surface area contributed by atoms with Gasteiger partial charge in [-0.05, 0) is 24.1 Å². The van der Waals surface area contributed by atoms with Crippen LogP contribution in [0.4, 0.5) is 11.5 Å². The van der Waals surface area contributed by atoms with Gasteiger partial charge in [0, 0.05) is 31.5 Å². The summed E-state index contributed by atoms with van der Waals surface area (Å²) < 4.78 is 6.28. The molecule has 1 aromatic carbocycles. The molecule has 1 amide bonds. The lowest BCUT2D eigenvalue weighted by Crippen LogP contribution is -2.42. The first-order valence-corrected chi connectivity index (χ1v) is 9.89. The number of H-pyrrole nitrogens is 1. The predicted octanol–water partition coefficient (Wildman–Crippen LogP) is 1.90. The van der Waals surface area contributed by atoms with Crippen LogP contribution in [0.25, 0.3) is 0 Å². The highest BCUT2D eigenvalue weighted by molar-refractivity contribution is 6.31. The molecule has 31 heavy (non-hydrogen) atoms. The van der Waals surface area contributed by atoms with Gasteiger partial charge in [0.05, 0.1) is 6.54 Å². The van der Waals surface area contributed by atoms with Crippen LogP contribution in [0.5, 0.6) is 0 Å². The van der Waals surface area contributed by atoms with Crippen molar-refractivity contribution in [2.24, 2.45) is 0 Å². The molecule has 0 saturated heterocycles. The number of anilines is 2. The Labute approximate surface area is 183 Å². The number of pyridine rings is 1. The van der Waals surface area contributed by atoms with Gasteiger partial charge in [0.2, 0.25) is 0 Å². The van der Waals surface area contributed by atoms with Crippen molar-refractivity contribution in [3.8, 4) is 0 Å². The van der Waals surface area contributed by atoms with E-state index in [-0.39, 0.29) is 30.3 Å². The average Bonchev–Trinajstić information content (AvgIpc) is 2.76. The Morgan fingerprint density at radius 1 is 1.26 bits per heavy atom. The van der Waals surface area contributed by atoms with Crippen molar-refractivity contribution in [3.05, 3.63) is 85.8 Å². The summed E-state index contributed by atoms with van der Waals surface area (Å²) in [7, 11) is 1.53. The zero-order chi connectivity index (χ0) is 22.4. The first kappa shape index (κ1) is 22.3. The molecule has 0 aliphatic rings. The molecule has 0 aliphatic carbocycles. The summed E-state index contributed by atoms with van der Waals surface area (Å²) >= 11 is 6.00. The summed E-state index contributed by atoms with van der Waals surface area (Å²) in [5.74, 6) is -0.689. The van der Waals surface area contributed by atoms with Crippen LogP contribution < -0.4 is 21.9 Å². The van der Waals surface area contributed by atoms with Gasteiger partial charge in [-0.2, -0.15) is 0 Å². The van der Waals surface area contributed by atoms with Crippen LogP contribution >= 0.6 is 11.6 Å². The van der Waals surface area contributed by atoms with Crippen LogP contribution in [-0.4, -0.2) is 40.7 Å². The van der Waals surface area contributed by atoms with E-state index in [9.17, 15) is 14.4 Å². The molecule has 10 heteroatoms. The van der Waals surface area contributed by atoms with Gasteiger partial charge in [0.15, 0.2) is 5.69 Å². The monoisotopic (exact) mass is 443 g/mol. The predicted molar refractivity (Wildman–Crippen MR) is 119 cm³/mol. The maximum Gasteiger partial charge on any atom is 0.330 e. The third-order valence-corrected chi connectivity index (χ3v) is 4.82. The van der Waals surface area contributed by atoms with E-state index in [1.807, 2.05) is 30.3 Å². The quantitative estimate of drug-likeness (QED) is 0.512. The number of methoxy groups -OCH3 is 1. The van der Waals surface area contributed by atoms with Crippen LogP contribution in [0.2, 0.25) is 5.02 Å². The lowest BCUT2D eigenvalue weighted by molar-refractivity contribution is 0.0978. The highest BCUT2D eigenvalue weighted by Crippen LogP contribution is 2.21. The molecule has 0 radical (unpaired) electrons. The average molecular weight is 444 g/mol. The number of nitrogen functional groups attached to an aromatic ring is 1. The van der Waals surface area contributed by atoms with Crippen molar-refractivity contribution in [2.75, 3.05) is 30.9 Å². The molecule has 3 rings (SSSR count). The van der Waals surface area contributed by atoms with Crippen LogP contribution in [0.1, 0.15) is 22.5 Å². The van der Waals surface area contributed by atoms with Gasteiger partial charge in [-0.3, -0.25) is 29.0 Å². The zero-order valence-corrected chi connectivity index (χ0v) is 17.6. The minimum Gasteiger partial charge on any atom is -0.385 e. The summed E-state index contributed by atoms with van der Waals surface area (Å²) in [6, 6.07) is 12.1. The highest BCUT2D eigenvalue weighted by atomic mass is 35.5. The second-order valence-corrected chi connectivity index (χ2v) is 7.16. The minimum atomic E-state index is -0.764. The lowest BCUT2D eigenvalue weighted by Gasteiger charge is -2.24. The van der Waals surface area contributed by atoms with Crippen molar-refractivity contribution in [2.45, 2.75) is 13.0 Å². The van der Waals surface area contributed by atoms with Crippen molar-refractivity contribution in [1.29, 1.82) is 0 Å². The number of ether oxygens (including phenoxy) is 1. The van der Waals surface area contributed by atoms with Crippen LogP contribution in [0.3, 0.4) is 0 Å². The van der Waals surface area contributed by atoms with Gasteiger partial charge in [-0.15, -0.1) is 0 Å². The normalized spacial score (nSPS) is 10.8. The maximum absolute atomic E-state index is 13.2. The van der Waals surface area contributed by atoms with Gasteiger partial charge < -0.3 is 10.5 Å². The van der Waals surface area contributed by atoms with E-state index in [1.54, 1.807) is 0 Å². The molecule has 0 atom stereocenters. The smallest absolute Gasteiger partial charge is 0.330 e. The number of rotatable bonds is 8. The van der Waals surface area contributed by atoms with E-state index >= 15 is 0 Å². The number of hydrogen-bond acceptors (Lipinski definition) is 6. The molecule has 0 bridgehead atoms. The fraction of sp³-hybridized carbons (Fsp3) is 0.238. The number of carbonyl (C=O) groups is 1. The first-order chi connectivity index (χ1) is 14.9. The number of halogens is 1. The Balaban J connectivity index is 2.09. The molecule has 0 saturated carbocycles. The molecule has 0 unspecified atom stereocenters. The van der Waals surface area contributed by atoms with E-state index in [0.717, 1.165) is 5.56 Å². The molecule has 3 N–H and O–H groups in total. The Kier molecular flexibility index (Phi) is 7.22. The maximum atomic E-state index is 13.2. The SMILES string of the molecule is COCCCN(C(=O)c1cc(Cl)ccn1)c1c(N)n(Cc2ccccc2)c(=O)[nH]c1=O. The van der Waals surface area contributed by atoms with Gasteiger partial charge >= 0.3 is 5.69 Å². The number of benzene rings is 1. The molecule has 2 heterocycles. The van der Waals surface area contributed by atoms with Crippen molar-refractivity contribution >= 4 is 29.0 Å². The third-order valence-electron chi connectivity index (χ3n) is 4.58. The van der Waals surface area contributed by atoms with E-state index in [0.29, 0.717) is 18.1 Å². The van der Waals surface area contributed by atoms with Gasteiger partial charge in [0.25, 0.3) is 11.5 Å². The Morgan fingerprint density at radius 2 is 2.00 bits per heavy atom. The summed E-state index contributed by atoms with van der Waals surface area (Å²) in [6.07, 6.45) is 1.83. The highest BCUT2D eigenvalue weighted by Gasteiger charge is 2.26. The van der Waals surface area contributed by atoms with Crippen molar-refractivity contribution in [3.63, 3.8) is 0 Å². The number of hydrogen-bond donors (Lipinski definition) is 2. The molecule has 0 fully saturated rings. The summed E-state index contributed by atoms with van der Waals surface area (Å²) in [5, 5.41) is 0.325. The fourth-order valence-electron chi connectivity index (χ4n) is 3.10. The number of aromatic amines is 1. The molecule has 3 aromatic rings. The Bertz CT molecular complexity index is 1180. The van der Waals surface area contributed by atoms with E-state index in [1.165, 1.54) is 34.9 Å². The topological polar surface area (TPSA) is 123 Å². The van der Waals surface area contributed by atoms with E-state index in [4.69, 9.17) is 22.1 Å². The largest absolute Gasteiger partial charge is 0.385 e. The standard InChI is InChI=1S/C21H22ClN5O4/c1-31-11-5-10-26(20(29)16-12-15(22)8-9-24-16)17-18(23)27(21(30)25-19(17)28)13-14-6-3-2-4-7-14/h2-4,6-9,12H,5,10-11,13,23H2,1H3,(H,25,28,30). The number of nitrogens with zero attached hydrogens (tertiary/aromatic N) is 3. The van der Waals surface area contributed by atoms with E-state index in [2.05, 4.69) is 9.97 Å². The molecular weight excluding hydrogens is 422 g/mol. The zero-order valence-electron chi connectivity index (χ0n) is 16.9. The number of amides is 1. The summed E-state index contributed by atoms with van der Waals surface area (Å²) in [6.45, 7) is 0.608. The number of carbonyl (C=O) groups excluding carboxylic acids is 1. The molecule has 9 nitrogen and oxygen atoms in total. The van der Waals surface area contributed by atoms with Gasteiger partial charge in [-0.1, -0.05) is 41.9 Å². The second kappa shape index (κ2) is 10.1. The Morgan fingerprint density at radius 3 is 2.68 bits per heavy atom. The number of nitrogens with one attached hydrogen (secondary N) is 1. The third kappa shape index (κ3) is 5.19. The van der Waals surface area contributed by atoms with Crippen molar-refractivity contribution < 1.29 is 9.53 Å². The Hall–Kier alpha value is -3.43. The van der Waals surface area contributed by atoms with Crippen LogP contribution in [-0.2, 0) is 11.3 Å². The molecular formula is C21H22ClN5O4. The first-order valence-electron chi connectivity index (χ1n) is 9.51. The summed E-state index contributed by atoms with van der Waals surface area (Å²) in [5.41, 5.74) is 5.55. The lowest BCUT2D eigenvalue weighted by atomic mass is 10.2. The van der Waals surface area contributed by atoms with Crippen molar-refractivity contribution in [1.82, 2.24) is 14.5 Å². The van der Waals surface area contributed by atoms with Crippen LogP contribution in [0, 0.1) is 0 Å². The molecule has 2 aromatic heterocycles. The minimum absolute atomic E-state index is 0.0459. The van der Waals surface area contributed by atoms with E-state index < -0.39 is 17.2 Å². The second-order valence-electron chi connectivity index (χ2n) is 6.73. The molecule has 0 spiro atoms. The van der Waals surface area contributed by atoms with Crippen LogP contribution in [0.15, 0.2) is 58.3 Å². The van der Waals surface area contributed by atoms with Gasteiger partial charge in [-0.25, -0.2) is 4.79 Å².